The molecule has 0 aliphatic heterocycles. The van der Waals surface area contributed by atoms with E-state index in [-0.39, 0.29) is 12.6 Å². The van der Waals surface area contributed by atoms with E-state index in [4.69, 9.17) is 4.42 Å². The zero-order valence-electron chi connectivity index (χ0n) is 6.95. The van der Waals surface area contributed by atoms with Crippen molar-refractivity contribution in [1.82, 2.24) is 10.6 Å². The Morgan fingerprint density at radius 3 is 3.00 bits per heavy atom. The minimum Gasteiger partial charge on any atom is -0.467 e. The van der Waals surface area contributed by atoms with Gasteiger partial charge in [0.1, 0.15) is 12.0 Å². The predicted octanol–water partition coefficient (Wildman–Crippen LogP) is 0.278. The predicted molar refractivity (Wildman–Crippen MR) is 45.0 cm³/mol. The van der Waals surface area contributed by atoms with Crippen LogP contribution in [0.2, 0.25) is 0 Å². The second kappa shape index (κ2) is 4.97. The molecule has 0 unspecified atom stereocenters. The SMILES string of the molecule is O=CCNC(=O)NCc1ccco1. The van der Waals surface area contributed by atoms with Crippen molar-refractivity contribution in [3.8, 4) is 0 Å². The minimum absolute atomic E-state index is 0.0178. The standard InChI is InChI=1S/C8H10N2O3/c11-4-3-9-8(12)10-6-7-2-1-5-13-7/h1-2,4-5H,3,6H2,(H2,9,10,12). The summed E-state index contributed by atoms with van der Waals surface area (Å²) < 4.78 is 4.98. The van der Waals surface area contributed by atoms with E-state index in [1.807, 2.05) is 0 Å². The maximum atomic E-state index is 10.9. The molecule has 70 valence electrons. The van der Waals surface area contributed by atoms with Gasteiger partial charge in [-0.3, -0.25) is 0 Å². The summed E-state index contributed by atoms with van der Waals surface area (Å²) in [5.74, 6) is 0.668. The normalized spacial score (nSPS) is 9.23. The summed E-state index contributed by atoms with van der Waals surface area (Å²) in [6.07, 6.45) is 2.15. The first kappa shape index (κ1) is 9.31. The van der Waals surface area contributed by atoms with Gasteiger partial charge in [-0.25, -0.2) is 4.79 Å². The van der Waals surface area contributed by atoms with Gasteiger partial charge in [0, 0.05) is 0 Å². The summed E-state index contributed by atoms with van der Waals surface area (Å²) in [5.41, 5.74) is 0. The number of furan rings is 1. The molecule has 0 saturated heterocycles. The molecule has 5 heteroatoms. The number of hydrogen-bond acceptors (Lipinski definition) is 3. The smallest absolute Gasteiger partial charge is 0.315 e. The van der Waals surface area contributed by atoms with Crippen LogP contribution in [-0.2, 0) is 11.3 Å². The van der Waals surface area contributed by atoms with Gasteiger partial charge in [-0.15, -0.1) is 0 Å². The first-order valence-corrected chi connectivity index (χ1v) is 3.80. The Morgan fingerprint density at radius 1 is 1.54 bits per heavy atom. The van der Waals surface area contributed by atoms with Crippen LogP contribution in [0, 0.1) is 0 Å². The molecule has 0 radical (unpaired) electrons. The van der Waals surface area contributed by atoms with Crippen LogP contribution >= 0.6 is 0 Å². The maximum Gasteiger partial charge on any atom is 0.315 e. The van der Waals surface area contributed by atoms with Gasteiger partial charge in [0.2, 0.25) is 0 Å². The maximum absolute atomic E-state index is 10.9. The molecule has 13 heavy (non-hydrogen) atoms. The van der Waals surface area contributed by atoms with Crippen LogP contribution in [0.1, 0.15) is 5.76 Å². The van der Waals surface area contributed by atoms with Gasteiger partial charge in [0.05, 0.1) is 19.4 Å². The number of rotatable bonds is 4. The number of carbonyl (C=O) groups is 2. The van der Waals surface area contributed by atoms with Gasteiger partial charge in [0.15, 0.2) is 0 Å². The molecule has 0 aliphatic rings. The van der Waals surface area contributed by atoms with Crippen LogP contribution in [-0.4, -0.2) is 18.9 Å². The second-order valence-corrected chi connectivity index (χ2v) is 2.31. The van der Waals surface area contributed by atoms with Crippen LogP contribution in [0.3, 0.4) is 0 Å². The topological polar surface area (TPSA) is 71.3 Å². The Kier molecular flexibility index (Phi) is 3.56. The monoisotopic (exact) mass is 182 g/mol. The van der Waals surface area contributed by atoms with E-state index < -0.39 is 0 Å². The van der Waals surface area contributed by atoms with Crippen molar-refractivity contribution in [3.63, 3.8) is 0 Å². The van der Waals surface area contributed by atoms with Crippen molar-refractivity contribution >= 4 is 12.3 Å². The summed E-state index contributed by atoms with van der Waals surface area (Å²) in [5, 5.41) is 4.85. The van der Waals surface area contributed by atoms with E-state index in [0.29, 0.717) is 18.6 Å². The van der Waals surface area contributed by atoms with Crippen molar-refractivity contribution in [2.24, 2.45) is 0 Å². The highest BCUT2D eigenvalue weighted by molar-refractivity contribution is 5.76. The first-order chi connectivity index (χ1) is 6.33. The zero-order chi connectivity index (χ0) is 9.52. The highest BCUT2D eigenvalue weighted by Crippen LogP contribution is 1.97. The van der Waals surface area contributed by atoms with Gasteiger partial charge < -0.3 is 19.8 Å². The molecule has 2 amide bonds. The number of urea groups is 1. The van der Waals surface area contributed by atoms with Gasteiger partial charge >= 0.3 is 6.03 Å². The molecule has 1 aromatic rings. The lowest BCUT2D eigenvalue weighted by molar-refractivity contribution is -0.107. The lowest BCUT2D eigenvalue weighted by atomic mass is 10.4. The largest absolute Gasteiger partial charge is 0.467 e. The van der Waals surface area contributed by atoms with Crippen molar-refractivity contribution in [3.05, 3.63) is 24.2 Å². The molecule has 1 heterocycles. The fraction of sp³-hybridized carbons (Fsp3) is 0.250. The van der Waals surface area contributed by atoms with Crippen LogP contribution < -0.4 is 10.6 Å². The highest BCUT2D eigenvalue weighted by Gasteiger charge is 1.99. The van der Waals surface area contributed by atoms with Crippen molar-refractivity contribution in [2.45, 2.75) is 6.54 Å². The van der Waals surface area contributed by atoms with Crippen molar-refractivity contribution < 1.29 is 14.0 Å². The summed E-state index contributed by atoms with van der Waals surface area (Å²) in [7, 11) is 0. The zero-order valence-corrected chi connectivity index (χ0v) is 6.95. The minimum atomic E-state index is -0.386. The van der Waals surface area contributed by atoms with Gasteiger partial charge in [0.25, 0.3) is 0 Å². The number of aldehydes is 1. The van der Waals surface area contributed by atoms with E-state index in [0.717, 1.165) is 0 Å². The third-order valence-corrected chi connectivity index (χ3v) is 1.35. The average Bonchev–Trinajstić information content (AvgIpc) is 2.64. The Balaban J connectivity index is 2.19. The summed E-state index contributed by atoms with van der Waals surface area (Å²) >= 11 is 0. The first-order valence-electron chi connectivity index (χ1n) is 3.80. The quantitative estimate of drug-likeness (QED) is 0.657. The van der Waals surface area contributed by atoms with Crippen molar-refractivity contribution in [1.29, 1.82) is 0 Å². The van der Waals surface area contributed by atoms with Crippen LogP contribution in [0.4, 0.5) is 4.79 Å². The van der Waals surface area contributed by atoms with E-state index in [1.54, 1.807) is 12.1 Å². The van der Waals surface area contributed by atoms with Gasteiger partial charge in [-0.1, -0.05) is 0 Å². The second-order valence-electron chi connectivity index (χ2n) is 2.31. The van der Waals surface area contributed by atoms with E-state index >= 15 is 0 Å². The van der Waals surface area contributed by atoms with Crippen LogP contribution in [0.15, 0.2) is 22.8 Å². The van der Waals surface area contributed by atoms with Crippen LogP contribution in [0.5, 0.6) is 0 Å². The molecule has 0 aliphatic carbocycles. The lowest BCUT2D eigenvalue weighted by Gasteiger charge is -2.02. The fourth-order valence-electron chi connectivity index (χ4n) is 0.777. The molecule has 0 atom stereocenters. The summed E-state index contributed by atoms with van der Waals surface area (Å²) in [6.45, 7) is 0.335. The van der Waals surface area contributed by atoms with E-state index in [9.17, 15) is 9.59 Å². The molecular formula is C8H10N2O3. The Morgan fingerprint density at radius 2 is 2.38 bits per heavy atom. The Hall–Kier alpha value is -1.78. The number of nitrogens with one attached hydrogen (secondary N) is 2. The molecule has 0 aromatic carbocycles. The van der Waals surface area contributed by atoms with Gasteiger partial charge in [-0.05, 0) is 12.1 Å². The van der Waals surface area contributed by atoms with E-state index in [1.165, 1.54) is 6.26 Å². The van der Waals surface area contributed by atoms with Gasteiger partial charge in [-0.2, -0.15) is 0 Å². The molecule has 0 bridgehead atoms. The molecule has 2 N–H and O–H groups in total. The third kappa shape index (κ3) is 3.42. The lowest BCUT2D eigenvalue weighted by Crippen LogP contribution is -2.35. The fourth-order valence-corrected chi connectivity index (χ4v) is 0.777. The van der Waals surface area contributed by atoms with E-state index in [2.05, 4.69) is 10.6 Å². The average molecular weight is 182 g/mol. The number of amides is 2. The van der Waals surface area contributed by atoms with Crippen LogP contribution in [0.25, 0.3) is 0 Å². The summed E-state index contributed by atoms with van der Waals surface area (Å²) in [4.78, 5) is 20.8. The molecular weight excluding hydrogens is 172 g/mol. The highest BCUT2D eigenvalue weighted by atomic mass is 16.3. The Bertz CT molecular complexity index is 269. The number of hydrogen-bond donors (Lipinski definition) is 2. The van der Waals surface area contributed by atoms with Crippen molar-refractivity contribution in [2.75, 3.05) is 6.54 Å². The Labute approximate surface area is 75.1 Å². The third-order valence-electron chi connectivity index (χ3n) is 1.35. The number of carbonyl (C=O) groups excluding carboxylic acids is 2. The summed E-state index contributed by atoms with van der Waals surface area (Å²) in [6, 6.07) is 3.10. The molecule has 0 spiro atoms. The molecule has 0 fully saturated rings. The molecule has 0 saturated carbocycles. The molecule has 5 nitrogen and oxygen atoms in total. The molecule has 1 aromatic heterocycles. The molecule has 1 rings (SSSR count).